The first kappa shape index (κ1) is 44.9. The number of nitrogens with zero attached hydrogens (tertiary/aromatic N) is 4. The van der Waals surface area contributed by atoms with Gasteiger partial charge in [-0.05, 0) is 105 Å². The minimum Gasteiger partial charge on any atom is -0.468 e. The highest BCUT2D eigenvalue weighted by molar-refractivity contribution is 6.67. The zero-order valence-electron chi connectivity index (χ0n) is 39.6. The van der Waals surface area contributed by atoms with Crippen LogP contribution in [0.15, 0.2) is 59.2 Å². The number of likely N-dealkylation sites (tertiary alicyclic amines) is 1. The number of hydrogen-bond acceptors (Lipinski definition) is 13. The molecule has 2 N–H and O–H groups in total. The van der Waals surface area contributed by atoms with Crippen molar-refractivity contribution in [1.82, 2.24) is 14.7 Å². The largest absolute Gasteiger partial charge is 0.468 e. The SMILES string of the molecule is CC[C@]1(O)C[C@H]2CN(CCC3=C(Bc4ccc(N5CCCCC5)cc43)[C@@](C(=O)OC)(C3C=C4C(=CC3OC)N(C)[C@H]3[C@@](O)(C(=O)OC)[C@H](OC(C)=O)[C@]5(CC)C=CCN6CC[C@]43[C@@H]65)C2)C1. The summed E-state index contributed by atoms with van der Waals surface area (Å²) in [7, 11) is 6.99. The van der Waals surface area contributed by atoms with E-state index in [1.165, 1.54) is 62.7 Å². The fourth-order valence-electron chi connectivity index (χ4n) is 15.7. The summed E-state index contributed by atoms with van der Waals surface area (Å²) in [5, 5.41) is 25.6. The number of rotatable bonds is 8. The highest BCUT2D eigenvalue weighted by atomic mass is 16.6. The van der Waals surface area contributed by atoms with Crippen molar-refractivity contribution in [1.29, 1.82) is 0 Å². The Hall–Kier alpha value is -3.95. The number of aliphatic hydroxyl groups is 2. The number of benzene rings is 1. The molecular weight excluding hydrogens is 823 g/mol. The van der Waals surface area contributed by atoms with Crippen LogP contribution in [0, 0.1) is 28.1 Å². The molecule has 4 saturated heterocycles. The Labute approximate surface area is 385 Å². The quantitative estimate of drug-likeness (QED) is 0.171. The minimum absolute atomic E-state index is 0.0347. The normalized spacial score (nSPS) is 40.4. The van der Waals surface area contributed by atoms with E-state index >= 15 is 4.79 Å². The van der Waals surface area contributed by atoms with Crippen molar-refractivity contribution in [3.8, 4) is 0 Å². The second-order valence-electron chi connectivity index (χ2n) is 21.1. The fourth-order valence-corrected chi connectivity index (χ4v) is 15.7. The maximum atomic E-state index is 15.7. The Balaban J connectivity index is 1.22. The molecule has 9 aliphatic rings. The maximum Gasteiger partial charge on any atom is 0.344 e. The van der Waals surface area contributed by atoms with E-state index in [0.29, 0.717) is 59.0 Å². The van der Waals surface area contributed by atoms with Gasteiger partial charge in [0.1, 0.15) is 0 Å². The Kier molecular flexibility index (Phi) is 11.1. The second kappa shape index (κ2) is 16.1. The predicted molar refractivity (Wildman–Crippen MR) is 248 cm³/mol. The lowest BCUT2D eigenvalue weighted by molar-refractivity contribution is -0.243. The highest BCUT2D eigenvalue weighted by Crippen LogP contribution is 2.70. The number of ether oxygens (including phenoxy) is 4. The summed E-state index contributed by atoms with van der Waals surface area (Å²) in [5.41, 5.74) is 1.47. The molecule has 7 aliphatic heterocycles. The molecular formula is C51H69BN4O9. The molecule has 12 atom stereocenters. The lowest BCUT2D eigenvalue weighted by Gasteiger charge is -2.63. The van der Waals surface area contributed by atoms with Crippen LogP contribution in [0.3, 0.4) is 0 Å². The Bertz CT molecular complexity index is 2270. The first-order chi connectivity index (χ1) is 31.2. The summed E-state index contributed by atoms with van der Waals surface area (Å²) < 4.78 is 24.5. The van der Waals surface area contributed by atoms with Crippen LogP contribution in [0.2, 0.25) is 0 Å². The van der Waals surface area contributed by atoms with Gasteiger partial charge in [-0.15, -0.1) is 0 Å². The van der Waals surface area contributed by atoms with Crippen molar-refractivity contribution in [2.45, 2.75) is 114 Å². The number of carbonyl (C=O) groups is 3. The van der Waals surface area contributed by atoms with E-state index in [-0.39, 0.29) is 17.9 Å². The Morgan fingerprint density at radius 3 is 2.38 bits per heavy atom. The van der Waals surface area contributed by atoms with Gasteiger partial charge in [0.05, 0.1) is 37.4 Å². The summed E-state index contributed by atoms with van der Waals surface area (Å²) in [5.74, 6) is -2.34. The van der Waals surface area contributed by atoms with Crippen LogP contribution in [-0.4, -0.2) is 160 Å². The fraction of sp³-hybridized carbons (Fsp3) is 0.667. The van der Waals surface area contributed by atoms with Crippen LogP contribution >= 0.6 is 0 Å². The van der Waals surface area contributed by atoms with Crippen LogP contribution in [-0.2, 0) is 33.3 Å². The second-order valence-corrected chi connectivity index (χ2v) is 21.1. The lowest BCUT2D eigenvalue weighted by atomic mass is 9.46. The van der Waals surface area contributed by atoms with Crippen LogP contribution in [0.5, 0.6) is 0 Å². The molecule has 14 heteroatoms. The van der Waals surface area contributed by atoms with E-state index in [1.54, 1.807) is 7.11 Å². The van der Waals surface area contributed by atoms with Crippen molar-refractivity contribution in [2.75, 3.05) is 79.1 Å². The highest BCUT2D eigenvalue weighted by Gasteiger charge is 2.81. The number of hydrogen-bond donors (Lipinski definition) is 2. The molecule has 0 radical (unpaired) electrons. The summed E-state index contributed by atoms with van der Waals surface area (Å²) in [6.45, 7) is 11.0. The molecule has 1 spiro atoms. The average Bonchev–Trinajstić information content (AvgIpc) is 3.97. The molecule has 0 aromatic heterocycles. The lowest BCUT2D eigenvalue weighted by Crippen LogP contribution is -2.79. The van der Waals surface area contributed by atoms with E-state index in [0.717, 1.165) is 49.3 Å². The van der Waals surface area contributed by atoms with Gasteiger partial charge >= 0.3 is 17.9 Å². The van der Waals surface area contributed by atoms with Crippen LogP contribution in [0.4, 0.5) is 5.69 Å². The molecule has 10 rings (SSSR count). The van der Waals surface area contributed by atoms with Gasteiger partial charge in [0.25, 0.3) is 0 Å². The van der Waals surface area contributed by atoms with Crippen molar-refractivity contribution in [3.05, 3.63) is 64.8 Å². The first-order valence-electron chi connectivity index (χ1n) is 24.4. The van der Waals surface area contributed by atoms with Crippen molar-refractivity contribution in [2.24, 2.45) is 28.1 Å². The van der Waals surface area contributed by atoms with E-state index in [1.807, 2.05) is 18.9 Å². The van der Waals surface area contributed by atoms with E-state index < -0.39 is 63.6 Å². The number of esters is 3. The zero-order valence-corrected chi connectivity index (χ0v) is 39.6. The van der Waals surface area contributed by atoms with E-state index in [2.05, 4.69) is 64.1 Å². The third-order valence-corrected chi connectivity index (χ3v) is 18.2. The zero-order chi connectivity index (χ0) is 45.8. The van der Waals surface area contributed by atoms with Crippen molar-refractivity contribution >= 4 is 41.9 Å². The molecule has 13 nitrogen and oxygen atoms in total. The third-order valence-electron chi connectivity index (χ3n) is 18.2. The van der Waals surface area contributed by atoms with Gasteiger partial charge in [-0.25, -0.2) is 4.79 Å². The number of methoxy groups -OCH3 is 3. The van der Waals surface area contributed by atoms with Crippen LogP contribution in [0.25, 0.3) is 5.57 Å². The standard InChI is InChI=1S/C51H69BN4O9/c1-8-47(60)27-32-28-50(45(58)63-6,41-34(16-22-54(29-32)30-47)35-24-33(14-15-38(35)52-41)55-19-11-10-12-20-55)37-25-36-39(26-40(37)62-5)53(4)43-49(36)18-23-56-21-13-17-48(9-2,42(49)56)44(65-31(3)57)51(43,61)46(59)64-7/h13-15,17,24-26,32,37,40,42-44,52,60-61H,8-12,16,18-23,27-30H2,1-7H3/t32-,37?,40?,42+,43-,44-,47+,48-,49-,50+,51+/m1/s1. The van der Waals surface area contributed by atoms with Gasteiger partial charge in [-0.2, -0.15) is 0 Å². The summed E-state index contributed by atoms with van der Waals surface area (Å²) in [6, 6.07) is 5.75. The average molecular weight is 893 g/mol. The summed E-state index contributed by atoms with van der Waals surface area (Å²) >= 11 is 0. The maximum absolute atomic E-state index is 15.7. The number of anilines is 1. The molecule has 5 fully saturated rings. The molecule has 0 amide bonds. The van der Waals surface area contributed by atoms with Gasteiger partial charge in [0.15, 0.2) is 13.4 Å². The van der Waals surface area contributed by atoms with Gasteiger partial charge in [-0.3, -0.25) is 19.4 Å². The molecule has 3 unspecified atom stereocenters. The molecule has 350 valence electrons. The van der Waals surface area contributed by atoms with E-state index in [4.69, 9.17) is 18.9 Å². The number of fused-ring (bicyclic) bond motifs is 5. The number of piperidine rings is 2. The smallest absolute Gasteiger partial charge is 0.344 e. The topological polar surface area (TPSA) is 142 Å². The molecule has 65 heavy (non-hydrogen) atoms. The van der Waals surface area contributed by atoms with Gasteiger partial charge in [0, 0.05) is 94.5 Å². The molecule has 7 heterocycles. The Morgan fingerprint density at radius 2 is 1.69 bits per heavy atom. The van der Waals surface area contributed by atoms with Gasteiger partial charge in [0.2, 0.25) is 5.60 Å². The van der Waals surface area contributed by atoms with Crippen LogP contribution < -0.4 is 10.4 Å². The molecule has 1 saturated carbocycles. The van der Waals surface area contributed by atoms with Crippen molar-refractivity contribution in [3.63, 3.8) is 0 Å². The molecule has 2 aliphatic carbocycles. The predicted octanol–water partition coefficient (Wildman–Crippen LogP) is 3.53. The van der Waals surface area contributed by atoms with Crippen molar-refractivity contribution < 1.29 is 43.5 Å². The number of likely N-dealkylation sites (N-methyl/N-ethyl adjacent to an activating group) is 1. The third kappa shape index (κ3) is 6.24. The number of allylic oxidation sites excluding steroid dienone is 1. The number of carbonyl (C=O) groups excluding carboxylic acids is 3. The summed E-state index contributed by atoms with van der Waals surface area (Å²) in [6.07, 6.45) is 13.7. The Morgan fingerprint density at radius 1 is 0.923 bits per heavy atom. The van der Waals surface area contributed by atoms with Gasteiger partial charge in [-0.1, -0.05) is 49.1 Å². The van der Waals surface area contributed by atoms with E-state index in [9.17, 15) is 19.8 Å². The van der Waals surface area contributed by atoms with Gasteiger partial charge < -0.3 is 39.0 Å². The minimum atomic E-state index is -2.28. The monoisotopic (exact) mass is 893 g/mol. The molecule has 1 aromatic carbocycles. The summed E-state index contributed by atoms with van der Waals surface area (Å²) in [4.78, 5) is 52.7. The first-order valence-corrected chi connectivity index (χ1v) is 24.4. The molecule has 1 aromatic rings. The van der Waals surface area contributed by atoms with Crippen LogP contribution in [0.1, 0.15) is 84.1 Å². The molecule has 2 bridgehead atoms.